The minimum absolute atomic E-state index is 0.0195. The molecule has 0 aliphatic carbocycles. The first-order chi connectivity index (χ1) is 8.98. The molecule has 0 radical (unpaired) electrons. The van der Waals surface area contributed by atoms with Crippen molar-refractivity contribution in [2.24, 2.45) is 11.3 Å². The van der Waals surface area contributed by atoms with Crippen molar-refractivity contribution in [2.75, 3.05) is 13.2 Å². The van der Waals surface area contributed by atoms with E-state index >= 15 is 0 Å². The number of thiophene rings is 1. The third-order valence-electron chi connectivity index (χ3n) is 3.57. The van der Waals surface area contributed by atoms with E-state index in [0.29, 0.717) is 13.2 Å². The van der Waals surface area contributed by atoms with E-state index in [1.807, 2.05) is 6.07 Å². The second-order valence-electron chi connectivity index (χ2n) is 6.21. The second-order valence-corrected chi connectivity index (χ2v) is 7.19. The summed E-state index contributed by atoms with van der Waals surface area (Å²) in [5.74, 6) is 0.287. The molecular weight excluding hydrogens is 258 g/mol. The highest BCUT2D eigenvalue weighted by atomic mass is 32.1. The van der Waals surface area contributed by atoms with Gasteiger partial charge in [-0.15, -0.1) is 11.3 Å². The van der Waals surface area contributed by atoms with Crippen LogP contribution in [0.15, 0.2) is 17.5 Å². The molecule has 0 saturated carbocycles. The van der Waals surface area contributed by atoms with Crippen LogP contribution in [0.5, 0.6) is 0 Å². The number of carbonyl (C=O) groups excluding carboxylic acids is 1. The molecule has 1 aliphatic rings. The van der Waals surface area contributed by atoms with E-state index in [1.165, 1.54) is 4.88 Å². The molecular formula is C15H23NO2S. The smallest absolute Gasteiger partial charge is 0.223 e. The van der Waals surface area contributed by atoms with Crippen LogP contribution < -0.4 is 5.32 Å². The van der Waals surface area contributed by atoms with Gasteiger partial charge >= 0.3 is 0 Å². The van der Waals surface area contributed by atoms with Gasteiger partial charge in [0, 0.05) is 24.0 Å². The molecule has 19 heavy (non-hydrogen) atoms. The molecule has 1 fully saturated rings. The Hall–Kier alpha value is -0.870. The van der Waals surface area contributed by atoms with E-state index in [0.717, 1.165) is 12.8 Å². The van der Waals surface area contributed by atoms with Crippen molar-refractivity contribution >= 4 is 17.2 Å². The summed E-state index contributed by atoms with van der Waals surface area (Å²) in [7, 11) is 0. The van der Waals surface area contributed by atoms with Gasteiger partial charge in [-0.2, -0.15) is 0 Å². The predicted molar refractivity (Wildman–Crippen MR) is 78.2 cm³/mol. The Kier molecular flexibility index (Phi) is 4.63. The molecule has 4 heteroatoms. The first-order valence-electron chi connectivity index (χ1n) is 6.90. The van der Waals surface area contributed by atoms with Crippen LogP contribution in [0.3, 0.4) is 0 Å². The minimum atomic E-state index is 0.0195. The van der Waals surface area contributed by atoms with Gasteiger partial charge in [0.15, 0.2) is 0 Å². The van der Waals surface area contributed by atoms with Crippen molar-refractivity contribution in [3.05, 3.63) is 22.4 Å². The molecule has 1 aromatic rings. The molecule has 0 unspecified atom stereocenters. The molecule has 1 aromatic heterocycles. The number of hydrogen-bond acceptors (Lipinski definition) is 3. The fraction of sp³-hybridized carbons (Fsp3) is 0.667. The quantitative estimate of drug-likeness (QED) is 0.922. The maximum absolute atomic E-state index is 12.4. The largest absolute Gasteiger partial charge is 0.381 e. The number of nitrogens with one attached hydrogen (secondary N) is 1. The van der Waals surface area contributed by atoms with Crippen molar-refractivity contribution < 1.29 is 9.53 Å². The highest BCUT2D eigenvalue weighted by Crippen LogP contribution is 2.35. The first kappa shape index (κ1) is 14.5. The summed E-state index contributed by atoms with van der Waals surface area (Å²) in [5.41, 5.74) is 0.0195. The molecule has 1 N–H and O–H groups in total. The summed E-state index contributed by atoms with van der Waals surface area (Å²) in [5, 5.41) is 5.31. The second kappa shape index (κ2) is 6.06. The summed E-state index contributed by atoms with van der Waals surface area (Å²) in [6, 6.07) is 4.23. The minimum Gasteiger partial charge on any atom is -0.381 e. The van der Waals surface area contributed by atoms with E-state index in [1.54, 1.807) is 11.3 Å². The lowest BCUT2D eigenvalue weighted by Crippen LogP contribution is -2.41. The topological polar surface area (TPSA) is 38.3 Å². The lowest BCUT2D eigenvalue weighted by atomic mass is 9.85. The van der Waals surface area contributed by atoms with Gasteiger partial charge < -0.3 is 10.1 Å². The molecule has 2 rings (SSSR count). The van der Waals surface area contributed by atoms with Crippen molar-refractivity contribution in [2.45, 2.75) is 39.7 Å². The lowest BCUT2D eigenvalue weighted by Gasteiger charge is -2.32. The van der Waals surface area contributed by atoms with E-state index < -0.39 is 0 Å². The molecule has 1 atom stereocenters. The number of carbonyl (C=O) groups is 1. The third-order valence-corrected chi connectivity index (χ3v) is 4.51. The van der Waals surface area contributed by atoms with E-state index in [2.05, 4.69) is 37.5 Å². The van der Waals surface area contributed by atoms with Gasteiger partial charge in [0.25, 0.3) is 0 Å². The van der Waals surface area contributed by atoms with Crippen molar-refractivity contribution in [1.82, 2.24) is 5.32 Å². The standard InChI is InChI=1S/C15H23NO2S/c1-15(2,3)13(12-5-4-10-19-12)16-14(17)11-6-8-18-9-7-11/h4-5,10-11,13H,6-9H2,1-3H3,(H,16,17)/t13-/m1/s1. The fourth-order valence-electron chi connectivity index (χ4n) is 2.39. The van der Waals surface area contributed by atoms with Crippen molar-refractivity contribution in [3.8, 4) is 0 Å². The predicted octanol–water partition coefficient (Wildman–Crippen LogP) is 3.38. The fourth-order valence-corrected chi connectivity index (χ4v) is 3.41. The molecule has 1 aliphatic heterocycles. The van der Waals surface area contributed by atoms with Crippen LogP contribution in [0.4, 0.5) is 0 Å². The number of rotatable bonds is 3. The number of hydrogen-bond donors (Lipinski definition) is 1. The number of ether oxygens (including phenoxy) is 1. The highest BCUT2D eigenvalue weighted by molar-refractivity contribution is 7.10. The van der Waals surface area contributed by atoms with Crippen molar-refractivity contribution in [3.63, 3.8) is 0 Å². The highest BCUT2D eigenvalue weighted by Gasteiger charge is 2.31. The zero-order chi connectivity index (χ0) is 13.9. The van der Waals surface area contributed by atoms with Gasteiger partial charge in [0.1, 0.15) is 0 Å². The lowest BCUT2D eigenvalue weighted by molar-refractivity contribution is -0.129. The summed E-state index contributed by atoms with van der Waals surface area (Å²) in [6.07, 6.45) is 1.68. The Bertz CT molecular complexity index is 402. The van der Waals surface area contributed by atoms with Gasteiger partial charge in [-0.25, -0.2) is 0 Å². The van der Waals surface area contributed by atoms with Crippen LogP contribution in [0.25, 0.3) is 0 Å². The first-order valence-corrected chi connectivity index (χ1v) is 7.78. The maximum Gasteiger partial charge on any atom is 0.223 e. The molecule has 0 spiro atoms. The molecule has 2 heterocycles. The van der Waals surface area contributed by atoms with Crippen LogP contribution >= 0.6 is 11.3 Å². The van der Waals surface area contributed by atoms with Crippen LogP contribution in [-0.4, -0.2) is 19.1 Å². The molecule has 106 valence electrons. The van der Waals surface area contributed by atoms with E-state index in [9.17, 15) is 4.79 Å². The summed E-state index contributed by atoms with van der Waals surface area (Å²) in [6.45, 7) is 7.92. The summed E-state index contributed by atoms with van der Waals surface area (Å²) >= 11 is 1.71. The van der Waals surface area contributed by atoms with Crippen LogP contribution in [0.1, 0.15) is 44.5 Å². The van der Waals surface area contributed by atoms with Crippen LogP contribution in [0.2, 0.25) is 0 Å². The van der Waals surface area contributed by atoms with Gasteiger partial charge in [-0.1, -0.05) is 26.8 Å². The Morgan fingerprint density at radius 2 is 2.11 bits per heavy atom. The van der Waals surface area contributed by atoms with Crippen LogP contribution in [0, 0.1) is 11.3 Å². The zero-order valence-corrected chi connectivity index (χ0v) is 12.8. The Labute approximate surface area is 119 Å². The molecule has 0 bridgehead atoms. The average molecular weight is 281 g/mol. The zero-order valence-electron chi connectivity index (χ0n) is 11.9. The Morgan fingerprint density at radius 3 is 2.63 bits per heavy atom. The Balaban J connectivity index is 2.06. The maximum atomic E-state index is 12.4. The normalized spacial score (nSPS) is 19.1. The molecule has 0 aromatic carbocycles. The van der Waals surface area contributed by atoms with Gasteiger partial charge in [0.05, 0.1) is 6.04 Å². The average Bonchev–Trinajstić information content (AvgIpc) is 2.88. The summed E-state index contributed by atoms with van der Waals surface area (Å²) < 4.78 is 5.32. The number of amides is 1. The van der Waals surface area contributed by atoms with E-state index in [4.69, 9.17) is 4.74 Å². The Morgan fingerprint density at radius 1 is 1.42 bits per heavy atom. The van der Waals surface area contributed by atoms with Crippen LogP contribution in [-0.2, 0) is 9.53 Å². The molecule has 3 nitrogen and oxygen atoms in total. The summed E-state index contributed by atoms with van der Waals surface area (Å²) in [4.78, 5) is 13.6. The third kappa shape index (κ3) is 3.80. The van der Waals surface area contributed by atoms with Gasteiger partial charge in [0.2, 0.25) is 5.91 Å². The van der Waals surface area contributed by atoms with Gasteiger partial charge in [-0.05, 0) is 29.7 Å². The van der Waals surface area contributed by atoms with Gasteiger partial charge in [-0.3, -0.25) is 4.79 Å². The van der Waals surface area contributed by atoms with Crippen molar-refractivity contribution in [1.29, 1.82) is 0 Å². The monoisotopic (exact) mass is 281 g/mol. The molecule has 1 saturated heterocycles. The molecule has 1 amide bonds. The van der Waals surface area contributed by atoms with E-state index in [-0.39, 0.29) is 23.3 Å². The SMILES string of the molecule is CC(C)(C)[C@H](NC(=O)C1CCOCC1)c1cccs1.